The van der Waals surface area contributed by atoms with Gasteiger partial charge in [-0.3, -0.25) is 0 Å². The van der Waals surface area contributed by atoms with E-state index in [-0.39, 0.29) is 0 Å². The summed E-state index contributed by atoms with van der Waals surface area (Å²) in [6.45, 7) is 5.85. The van der Waals surface area contributed by atoms with Crippen LogP contribution in [0.15, 0.2) is 30.6 Å². The number of rotatable bonds is 4. The van der Waals surface area contributed by atoms with Crippen molar-refractivity contribution < 1.29 is 0 Å². The van der Waals surface area contributed by atoms with E-state index in [1.165, 1.54) is 0 Å². The van der Waals surface area contributed by atoms with E-state index >= 15 is 0 Å². The minimum atomic E-state index is 0.479. The number of aryl methyl sites for hydroxylation is 1. The molecule has 2 N–H and O–H groups in total. The molecule has 22 heavy (non-hydrogen) atoms. The van der Waals surface area contributed by atoms with Crippen LogP contribution in [0.3, 0.4) is 0 Å². The fourth-order valence-electron chi connectivity index (χ4n) is 2.63. The summed E-state index contributed by atoms with van der Waals surface area (Å²) in [4.78, 5) is 15.6. The fourth-order valence-corrected chi connectivity index (χ4v) is 2.63. The van der Waals surface area contributed by atoms with E-state index < -0.39 is 0 Å². The minimum absolute atomic E-state index is 0.479. The van der Waals surface area contributed by atoms with Gasteiger partial charge in [-0.05, 0) is 26.0 Å². The second kappa shape index (κ2) is 5.63. The van der Waals surface area contributed by atoms with Crippen LogP contribution in [0, 0.1) is 0 Å². The molecule has 3 aromatic rings. The van der Waals surface area contributed by atoms with E-state index in [1.807, 2.05) is 36.0 Å². The summed E-state index contributed by atoms with van der Waals surface area (Å²) in [5, 5.41) is 1.06. The van der Waals surface area contributed by atoms with E-state index in [9.17, 15) is 0 Å². The van der Waals surface area contributed by atoms with Crippen LogP contribution in [0.1, 0.15) is 13.8 Å². The first kappa shape index (κ1) is 14.3. The van der Waals surface area contributed by atoms with Crippen molar-refractivity contribution in [1.82, 2.24) is 19.5 Å². The van der Waals surface area contributed by atoms with Gasteiger partial charge in [-0.2, -0.15) is 4.98 Å². The third-order valence-corrected chi connectivity index (χ3v) is 3.82. The molecule has 6 heteroatoms. The zero-order chi connectivity index (χ0) is 15.7. The van der Waals surface area contributed by atoms with Gasteiger partial charge >= 0.3 is 0 Å². The minimum Gasteiger partial charge on any atom is -0.384 e. The quantitative estimate of drug-likeness (QED) is 0.800. The second-order valence-electron chi connectivity index (χ2n) is 5.17. The second-order valence-corrected chi connectivity index (χ2v) is 5.17. The number of nitrogens with two attached hydrogens (primary N) is 1. The highest BCUT2D eigenvalue weighted by Gasteiger charge is 2.13. The lowest BCUT2D eigenvalue weighted by molar-refractivity contribution is 0.824. The Labute approximate surface area is 129 Å². The Balaban J connectivity index is 2.18. The maximum atomic E-state index is 5.99. The molecule has 0 unspecified atom stereocenters. The van der Waals surface area contributed by atoms with Crippen molar-refractivity contribution in [3.05, 3.63) is 30.6 Å². The van der Waals surface area contributed by atoms with Crippen molar-refractivity contribution in [2.75, 3.05) is 23.7 Å². The van der Waals surface area contributed by atoms with Crippen LogP contribution < -0.4 is 10.6 Å². The molecule has 0 atom stereocenters. The fraction of sp³-hybridized carbons (Fsp3) is 0.312. The van der Waals surface area contributed by atoms with Crippen molar-refractivity contribution >= 4 is 22.8 Å². The number of anilines is 2. The van der Waals surface area contributed by atoms with Gasteiger partial charge in [0.25, 0.3) is 0 Å². The molecule has 0 amide bonds. The lowest BCUT2D eigenvalue weighted by Gasteiger charge is -2.19. The number of aromatic nitrogens is 4. The van der Waals surface area contributed by atoms with Gasteiger partial charge in [-0.25, -0.2) is 9.97 Å². The molecule has 3 rings (SSSR count). The summed E-state index contributed by atoms with van der Waals surface area (Å²) in [7, 11) is 1.98. The van der Waals surface area contributed by atoms with Gasteiger partial charge < -0.3 is 15.2 Å². The average molecular weight is 296 g/mol. The predicted molar refractivity (Wildman–Crippen MR) is 89.7 cm³/mol. The molecule has 0 spiro atoms. The molecule has 0 aliphatic carbocycles. The number of nitrogen functional groups attached to an aromatic ring is 1. The largest absolute Gasteiger partial charge is 0.384 e. The standard InChI is InChI=1S/C16H20N6/c1-4-22(5-2)16-19-13(10-14(17)20-16)11-6-8-18-15-12(11)7-9-21(15)3/h6-10H,4-5H2,1-3H3,(H2,17,19,20). The summed E-state index contributed by atoms with van der Waals surface area (Å²) in [6.07, 6.45) is 3.80. The van der Waals surface area contributed by atoms with Crippen LogP contribution in [0.4, 0.5) is 11.8 Å². The maximum absolute atomic E-state index is 5.99. The Morgan fingerprint density at radius 2 is 1.95 bits per heavy atom. The molecule has 0 fully saturated rings. The van der Waals surface area contributed by atoms with Crippen LogP contribution >= 0.6 is 0 Å². The van der Waals surface area contributed by atoms with Crippen LogP contribution in [-0.4, -0.2) is 32.6 Å². The zero-order valence-electron chi connectivity index (χ0n) is 13.1. The Morgan fingerprint density at radius 1 is 1.18 bits per heavy atom. The molecule has 0 radical (unpaired) electrons. The van der Waals surface area contributed by atoms with Gasteiger partial charge in [0.1, 0.15) is 11.5 Å². The molecule has 0 aromatic carbocycles. The Hall–Kier alpha value is -2.63. The smallest absolute Gasteiger partial charge is 0.227 e. The summed E-state index contributed by atoms with van der Waals surface area (Å²) in [5.74, 6) is 1.15. The van der Waals surface area contributed by atoms with Crippen molar-refractivity contribution in [3.8, 4) is 11.3 Å². The van der Waals surface area contributed by atoms with Crippen LogP contribution in [0.5, 0.6) is 0 Å². The maximum Gasteiger partial charge on any atom is 0.227 e. The van der Waals surface area contributed by atoms with Gasteiger partial charge in [-0.1, -0.05) is 0 Å². The highest BCUT2D eigenvalue weighted by atomic mass is 15.2. The molecule has 114 valence electrons. The predicted octanol–water partition coefficient (Wildman–Crippen LogP) is 2.46. The lowest BCUT2D eigenvalue weighted by atomic mass is 10.1. The van der Waals surface area contributed by atoms with Gasteiger partial charge in [0, 0.05) is 49.5 Å². The molecule has 6 nitrogen and oxygen atoms in total. The Morgan fingerprint density at radius 3 is 2.68 bits per heavy atom. The SMILES string of the molecule is CCN(CC)c1nc(N)cc(-c2ccnc3c2ccn3C)n1. The monoisotopic (exact) mass is 296 g/mol. The van der Waals surface area contributed by atoms with Crippen LogP contribution in [-0.2, 0) is 7.05 Å². The van der Waals surface area contributed by atoms with Crippen molar-refractivity contribution in [3.63, 3.8) is 0 Å². The molecule has 3 heterocycles. The zero-order valence-corrected chi connectivity index (χ0v) is 13.1. The van der Waals surface area contributed by atoms with Gasteiger partial charge in [0.2, 0.25) is 5.95 Å². The third-order valence-electron chi connectivity index (χ3n) is 3.82. The van der Waals surface area contributed by atoms with Crippen LogP contribution in [0.2, 0.25) is 0 Å². The van der Waals surface area contributed by atoms with E-state index in [0.717, 1.165) is 35.4 Å². The first-order valence-corrected chi connectivity index (χ1v) is 7.44. The molecule has 0 aliphatic rings. The van der Waals surface area contributed by atoms with Gasteiger partial charge in [0.15, 0.2) is 0 Å². The number of nitrogens with zero attached hydrogens (tertiary/aromatic N) is 5. The topological polar surface area (TPSA) is 72.9 Å². The van der Waals surface area contributed by atoms with Crippen molar-refractivity contribution in [1.29, 1.82) is 0 Å². The highest BCUT2D eigenvalue weighted by Crippen LogP contribution is 2.28. The van der Waals surface area contributed by atoms with Crippen molar-refractivity contribution in [2.45, 2.75) is 13.8 Å². The highest BCUT2D eigenvalue weighted by molar-refractivity contribution is 5.92. The molecule has 0 saturated heterocycles. The first-order chi connectivity index (χ1) is 10.6. The Bertz CT molecular complexity index is 804. The lowest BCUT2D eigenvalue weighted by Crippen LogP contribution is -2.24. The molecule has 3 aromatic heterocycles. The first-order valence-electron chi connectivity index (χ1n) is 7.44. The molecule has 0 saturated carbocycles. The summed E-state index contributed by atoms with van der Waals surface area (Å²) in [5.41, 5.74) is 8.77. The van der Waals surface area contributed by atoms with Crippen LogP contribution in [0.25, 0.3) is 22.3 Å². The van der Waals surface area contributed by atoms with E-state index in [0.29, 0.717) is 11.8 Å². The van der Waals surface area contributed by atoms with Gasteiger partial charge in [0.05, 0.1) is 5.69 Å². The number of pyridine rings is 1. The normalized spacial score (nSPS) is 11.0. The number of hydrogen-bond acceptors (Lipinski definition) is 5. The number of hydrogen-bond donors (Lipinski definition) is 1. The van der Waals surface area contributed by atoms with E-state index in [2.05, 4.69) is 28.7 Å². The summed E-state index contributed by atoms with van der Waals surface area (Å²) < 4.78 is 1.99. The van der Waals surface area contributed by atoms with Gasteiger partial charge in [-0.15, -0.1) is 0 Å². The Kier molecular flexibility index (Phi) is 3.66. The third kappa shape index (κ3) is 2.36. The molecule has 0 bridgehead atoms. The molecular formula is C16H20N6. The number of fused-ring (bicyclic) bond motifs is 1. The average Bonchev–Trinajstić information content (AvgIpc) is 2.90. The van der Waals surface area contributed by atoms with Crippen molar-refractivity contribution in [2.24, 2.45) is 7.05 Å². The summed E-state index contributed by atoms with van der Waals surface area (Å²) in [6, 6.07) is 5.83. The van der Waals surface area contributed by atoms with E-state index in [1.54, 1.807) is 6.20 Å². The van der Waals surface area contributed by atoms with E-state index in [4.69, 9.17) is 10.7 Å². The molecule has 0 aliphatic heterocycles. The molecular weight excluding hydrogens is 276 g/mol. The summed E-state index contributed by atoms with van der Waals surface area (Å²) >= 11 is 0.